The third-order valence-corrected chi connectivity index (χ3v) is 3.20. The molecule has 2 amide bonds. The highest BCUT2D eigenvalue weighted by molar-refractivity contribution is 5.84. The van der Waals surface area contributed by atoms with Crippen LogP contribution in [0.25, 0.3) is 0 Å². The molecule has 2 rings (SSSR count). The van der Waals surface area contributed by atoms with E-state index in [4.69, 9.17) is 4.74 Å². The molecule has 1 fully saturated rings. The van der Waals surface area contributed by atoms with E-state index < -0.39 is 0 Å². The quantitative estimate of drug-likeness (QED) is 0.714. The fourth-order valence-electron chi connectivity index (χ4n) is 1.90. The number of benzene rings is 1. The van der Waals surface area contributed by atoms with Gasteiger partial charge in [0, 0.05) is 12.5 Å². The summed E-state index contributed by atoms with van der Waals surface area (Å²) in [5, 5.41) is 5.44. The van der Waals surface area contributed by atoms with Crippen molar-refractivity contribution in [1.82, 2.24) is 10.6 Å². The lowest BCUT2D eigenvalue weighted by Gasteiger charge is -2.08. The van der Waals surface area contributed by atoms with Gasteiger partial charge in [-0.2, -0.15) is 0 Å². The van der Waals surface area contributed by atoms with E-state index in [0.29, 0.717) is 25.5 Å². The van der Waals surface area contributed by atoms with Crippen molar-refractivity contribution in [2.24, 2.45) is 0 Å². The monoisotopic (exact) mass is 290 g/mol. The molecule has 5 nitrogen and oxygen atoms in total. The minimum atomic E-state index is -0.117. The first-order chi connectivity index (χ1) is 10.1. The summed E-state index contributed by atoms with van der Waals surface area (Å²) in [6.07, 6.45) is 3.10. The van der Waals surface area contributed by atoms with Crippen LogP contribution in [0.15, 0.2) is 24.3 Å². The second-order valence-corrected chi connectivity index (χ2v) is 5.39. The number of rotatable bonds is 8. The second-order valence-electron chi connectivity index (χ2n) is 5.39. The van der Waals surface area contributed by atoms with Gasteiger partial charge in [-0.15, -0.1) is 0 Å². The Labute approximate surface area is 125 Å². The fraction of sp³-hybridized carbons (Fsp3) is 0.500. The van der Waals surface area contributed by atoms with Crippen LogP contribution in [0.1, 0.15) is 31.2 Å². The lowest BCUT2D eigenvalue weighted by Crippen LogP contribution is -2.37. The molecule has 1 aliphatic carbocycles. The van der Waals surface area contributed by atoms with Crippen molar-refractivity contribution in [3.05, 3.63) is 29.8 Å². The number of ether oxygens (including phenoxy) is 1. The van der Waals surface area contributed by atoms with E-state index in [0.717, 1.165) is 24.2 Å². The summed E-state index contributed by atoms with van der Waals surface area (Å²) in [7, 11) is 0. The average molecular weight is 290 g/mol. The van der Waals surface area contributed by atoms with Crippen molar-refractivity contribution in [3.8, 4) is 5.75 Å². The van der Waals surface area contributed by atoms with E-state index in [1.54, 1.807) is 0 Å². The maximum atomic E-state index is 11.6. The highest BCUT2D eigenvalue weighted by Gasteiger charge is 2.23. The van der Waals surface area contributed by atoms with Crippen LogP contribution >= 0.6 is 0 Å². The van der Waals surface area contributed by atoms with Crippen molar-refractivity contribution in [2.45, 2.75) is 38.6 Å². The molecule has 0 spiro atoms. The summed E-state index contributed by atoms with van der Waals surface area (Å²) in [5.74, 6) is 0.592. The van der Waals surface area contributed by atoms with Gasteiger partial charge >= 0.3 is 0 Å². The lowest BCUT2D eigenvalue weighted by atomic mass is 10.2. The van der Waals surface area contributed by atoms with Crippen LogP contribution < -0.4 is 15.4 Å². The van der Waals surface area contributed by atoms with Gasteiger partial charge in [0.25, 0.3) is 0 Å². The van der Waals surface area contributed by atoms with Crippen molar-refractivity contribution in [1.29, 1.82) is 0 Å². The van der Waals surface area contributed by atoms with E-state index in [1.807, 2.05) is 31.2 Å². The van der Waals surface area contributed by atoms with Gasteiger partial charge in [0.1, 0.15) is 5.75 Å². The molecule has 0 saturated heterocycles. The van der Waals surface area contributed by atoms with E-state index >= 15 is 0 Å². The summed E-state index contributed by atoms with van der Waals surface area (Å²) < 4.78 is 5.56. The van der Waals surface area contributed by atoms with Crippen molar-refractivity contribution in [2.75, 3.05) is 13.2 Å². The highest BCUT2D eigenvalue weighted by atomic mass is 16.5. The molecule has 1 aromatic rings. The van der Waals surface area contributed by atoms with Gasteiger partial charge in [-0.25, -0.2) is 0 Å². The topological polar surface area (TPSA) is 67.4 Å². The summed E-state index contributed by atoms with van der Waals surface area (Å²) in [4.78, 5) is 23.0. The van der Waals surface area contributed by atoms with Crippen LogP contribution in [0.2, 0.25) is 0 Å². The first-order valence-corrected chi connectivity index (χ1v) is 7.39. The molecule has 0 aliphatic heterocycles. The van der Waals surface area contributed by atoms with Gasteiger partial charge in [0.15, 0.2) is 0 Å². The number of hydrogen-bond acceptors (Lipinski definition) is 3. The third kappa shape index (κ3) is 6.29. The minimum absolute atomic E-state index is 0.0636. The zero-order valence-electron chi connectivity index (χ0n) is 12.4. The van der Waals surface area contributed by atoms with E-state index in [-0.39, 0.29) is 18.4 Å². The number of carbonyl (C=O) groups is 2. The maximum absolute atomic E-state index is 11.6. The number of aryl methyl sites for hydroxylation is 1. The van der Waals surface area contributed by atoms with Crippen LogP contribution in [0.3, 0.4) is 0 Å². The Kier molecular flexibility index (Phi) is 5.60. The third-order valence-electron chi connectivity index (χ3n) is 3.20. The first-order valence-electron chi connectivity index (χ1n) is 7.39. The molecule has 114 valence electrons. The van der Waals surface area contributed by atoms with Crippen molar-refractivity contribution < 1.29 is 14.3 Å². The lowest BCUT2D eigenvalue weighted by molar-refractivity contribution is -0.126. The number of amides is 2. The predicted octanol–water partition coefficient (Wildman–Crippen LogP) is 1.55. The zero-order valence-corrected chi connectivity index (χ0v) is 12.4. The Morgan fingerprint density at radius 3 is 2.81 bits per heavy atom. The normalized spacial score (nSPS) is 13.6. The van der Waals surface area contributed by atoms with E-state index in [2.05, 4.69) is 10.6 Å². The summed E-state index contributed by atoms with van der Waals surface area (Å²) in [6, 6.07) is 8.14. The Bertz CT molecular complexity index is 498. The molecule has 1 aliphatic rings. The molecule has 1 saturated carbocycles. The molecule has 0 radical (unpaired) electrons. The van der Waals surface area contributed by atoms with Gasteiger partial charge in [-0.3, -0.25) is 9.59 Å². The average Bonchev–Trinajstić information content (AvgIpc) is 3.25. The molecule has 2 N–H and O–H groups in total. The molecule has 0 atom stereocenters. The molecule has 1 aromatic carbocycles. The Morgan fingerprint density at radius 1 is 1.29 bits per heavy atom. The van der Waals surface area contributed by atoms with Crippen LogP contribution in [0, 0.1) is 6.92 Å². The molecule has 0 aromatic heterocycles. The van der Waals surface area contributed by atoms with Crippen LogP contribution in [0.5, 0.6) is 5.75 Å². The second kappa shape index (κ2) is 7.67. The van der Waals surface area contributed by atoms with Crippen LogP contribution in [-0.4, -0.2) is 31.0 Å². The highest BCUT2D eigenvalue weighted by Crippen LogP contribution is 2.18. The van der Waals surface area contributed by atoms with Gasteiger partial charge in [-0.1, -0.05) is 12.1 Å². The summed E-state index contributed by atoms with van der Waals surface area (Å²) in [5.41, 5.74) is 1.15. The predicted molar refractivity (Wildman–Crippen MR) is 80.1 cm³/mol. The Morgan fingerprint density at radius 2 is 2.10 bits per heavy atom. The van der Waals surface area contributed by atoms with Gasteiger partial charge in [0.05, 0.1) is 13.2 Å². The smallest absolute Gasteiger partial charge is 0.239 e. The summed E-state index contributed by atoms with van der Waals surface area (Å²) in [6.45, 7) is 2.56. The van der Waals surface area contributed by atoms with E-state index in [9.17, 15) is 9.59 Å². The SMILES string of the molecule is Cc1cccc(OCCCC(=O)NCC(=O)NC2CC2)c1. The maximum Gasteiger partial charge on any atom is 0.239 e. The number of carbonyl (C=O) groups excluding carboxylic acids is 2. The number of nitrogens with one attached hydrogen (secondary N) is 2. The zero-order chi connectivity index (χ0) is 15.1. The molecule has 21 heavy (non-hydrogen) atoms. The number of hydrogen-bond donors (Lipinski definition) is 2. The van der Waals surface area contributed by atoms with Crippen molar-refractivity contribution in [3.63, 3.8) is 0 Å². The molecule has 0 bridgehead atoms. The van der Waals surface area contributed by atoms with Gasteiger partial charge in [-0.05, 0) is 43.9 Å². The molecular weight excluding hydrogens is 268 g/mol. The molecular formula is C16H22N2O3. The van der Waals surface area contributed by atoms with Gasteiger partial charge < -0.3 is 15.4 Å². The molecule has 0 unspecified atom stereocenters. The standard InChI is InChI=1S/C16H22N2O3/c1-12-4-2-5-14(10-12)21-9-3-6-15(19)17-11-16(20)18-13-7-8-13/h2,4-5,10,13H,3,6-9,11H2,1H3,(H,17,19)(H,18,20). The Balaban J connectivity index is 1.53. The minimum Gasteiger partial charge on any atom is -0.494 e. The molecule has 5 heteroatoms. The van der Waals surface area contributed by atoms with Crippen LogP contribution in [0.4, 0.5) is 0 Å². The summed E-state index contributed by atoms with van der Waals surface area (Å²) >= 11 is 0. The largest absolute Gasteiger partial charge is 0.494 e. The fourth-order valence-corrected chi connectivity index (χ4v) is 1.90. The Hall–Kier alpha value is -2.04. The van der Waals surface area contributed by atoms with Crippen molar-refractivity contribution >= 4 is 11.8 Å². The van der Waals surface area contributed by atoms with E-state index in [1.165, 1.54) is 0 Å². The van der Waals surface area contributed by atoms with Crippen LogP contribution in [-0.2, 0) is 9.59 Å². The first kappa shape index (κ1) is 15.4. The van der Waals surface area contributed by atoms with Gasteiger partial charge in [0.2, 0.25) is 11.8 Å². The molecule has 0 heterocycles.